The molecule has 0 aromatic heterocycles. The number of rotatable bonds is 40. The van der Waals surface area contributed by atoms with E-state index in [0.717, 1.165) is 69.6 Å². The highest BCUT2D eigenvalue weighted by atomic mass is 16.6. The van der Waals surface area contributed by atoms with Crippen LogP contribution in [0.4, 0.5) is 0 Å². The van der Waals surface area contributed by atoms with Crippen LogP contribution in [0.3, 0.4) is 0 Å². The fraction of sp³-hybridized carbons (Fsp3) is 0.935. The average Bonchev–Trinajstić information content (AvgIpc) is 3.12. The lowest BCUT2D eigenvalue weighted by atomic mass is 10.00. The fourth-order valence-corrected chi connectivity index (χ4v) is 6.72. The van der Waals surface area contributed by atoms with Crippen molar-refractivity contribution in [3.05, 3.63) is 0 Å². The lowest BCUT2D eigenvalue weighted by Gasteiger charge is -2.18. The zero-order valence-corrected chi connectivity index (χ0v) is 35.4. The van der Waals surface area contributed by atoms with Gasteiger partial charge in [0, 0.05) is 19.3 Å². The van der Waals surface area contributed by atoms with Crippen LogP contribution in [0.5, 0.6) is 0 Å². The van der Waals surface area contributed by atoms with Gasteiger partial charge in [0.1, 0.15) is 13.2 Å². The Morgan fingerprint density at radius 3 is 1.10 bits per heavy atom. The van der Waals surface area contributed by atoms with Crippen molar-refractivity contribution in [3.63, 3.8) is 0 Å². The summed E-state index contributed by atoms with van der Waals surface area (Å²) in [5.74, 6) is 0.728. The summed E-state index contributed by atoms with van der Waals surface area (Å²) >= 11 is 0. The third-order valence-corrected chi connectivity index (χ3v) is 10.6. The quantitative estimate of drug-likeness (QED) is 0.0354. The predicted octanol–water partition coefficient (Wildman–Crippen LogP) is 14.2. The standard InChI is InChI=1S/C46H88O6/c1-6-8-9-10-11-12-13-14-15-16-17-20-26-31-36-44(47)50-39-43(52-46(49)38-33-28-23-22-25-30-35-42(5)7-2)40-51-45(48)37-32-27-21-18-19-24-29-34-41(3)4/h41-43H,6-40H2,1-5H3/t42?,43-/m1/s1. The van der Waals surface area contributed by atoms with Gasteiger partial charge in [0.05, 0.1) is 0 Å². The smallest absolute Gasteiger partial charge is 0.306 e. The van der Waals surface area contributed by atoms with Crippen LogP contribution in [0, 0.1) is 11.8 Å². The second-order valence-corrected chi connectivity index (χ2v) is 16.4. The van der Waals surface area contributed by atoms with Crippen molar-refractivity contribution in [2.75, 3.05) is 13.2 Å². The molecule has 308 valence electrons. The van der Waals surface area contributed by atoms with Crippen LogP contribution in [0.15, 0.2) is 0 Å². The first-order chi connectivity index (χ1) is 25.3. The number of carbonyl (C=O) groups excluding carboxylic acids is 3. The molecular formula is C46H88O6. The van der Waals surface area contributed by atoms with Gasteiger partial charge in [-0.2, -0.15) is 0 Å². The molecule has 0 aromatic carbocycles. The summed E-state index contributed by atoms with van der Waals surface area (Å²) in [7, 11) is 0. The fourth-order valence-electron chi connectivity index (χ4n) is 6.72. The summed E-state index contributed by atoms with van der Waals surface area (Å²) in [5, 5.41) is 0. The minimum atomic E-state index is -0.761. The van der Waals surface area contributed by atoms with E-state index in [0.29, 0.717) is 19.3 Å². The zero-order chi connectivity index (χ0) is 38.3. The largest absolute Gasteiger partial charge is 0.462 e. The van der Waals surface area contributed by atoms with Gasteiger partial charge < -0.3 is 14.2 Å². The van der Waals surface area contributed by atoms with Crippen molar-refractivity contribution in [1.29, 1.82) is 0 Å². The van der Waals surface area contributed by atoms with Crippen LogP contribution in [-0.2, 0) is 28.6 Å². The summed E-state index contributed by atoms with van der Waals surface area (Å²) in [5.41, 5.74) is 0. The molecule has 0 aliphatic heterocycles. The highest BCUT2D eigenvalue weighted by Crippen LogP contribution is 2.17. The first kappa shape index (κ1) is 50.4. The van der Waals surface area contributed by atoms with Crippen molar-refractivity contribution in [3.8, 4) is 0 Å². The molecule has 0 aromatic rings. The van der Waals surface area contributed by atoms with E-state index >= 15 is 0 Å². The molecule has 1 unspecified atom stereocenters. The molecular weight excluding hydrogens is 648 g/mol. The van der Waals surface area contributed by atoms with Crippen molar-refractivity contribution >= 4 is 17.9 Å². The van der Waals surface area contributed by atoms with Gasteiger partial charge in [0.15, 0.2) is 6.10 Å². The van der Waals surface area contributed by atoms with Gasteiger partial charge in [0.2, 0.25) is 0 Å². The minimum absolute atomic E-state index is 0.0660. The molecule has 6 nitrogen and oxygen atoms in total. The molecule has 0 saturated carbocycles. The normalized spacial score (nSPS) is 12.6. The Bertz CT molecular complexity index is 796. The number of hydrogen-bond acceptors (Lipinski definition) is 6. The molecule has 0 radical (unpaired) electrons. The van der Waals surface area contributed by atoms with Crippen LogP contribution in [-0.4, -0.2) is 37.2 Å². The number of unbranched alkanes of at least 4 members (excludes halogenated alkanes) is 24. The van der Waals surface area contributed by atoms with Crippen molar-refractivity contribution < 1.29 is 28.6 Å². The second kappa shape index (κ2) is 39.1. The third kappa shape index (κ3) is 38.1. The van der Waals surface area contributed by atoms with Gasteiger partial charge in [-0.05, 0) is 31.1 Å². The molecule has 0 aliphatic rings. The van der Waals surface area contributed by atoms with E-state index in [1.807, 2.05) is 0 Å². The van der Waals surface area contributed by atoms with E-state index in [1.165, 1.54) is 135 Å². The number of esters is 3. The maximum Gasteiger partial charge on any atom is 0.306 e. The summed E-state index contributed by atoms with van der Waals surface area (Å²) in [4.78, 5) is 37.7. The minimum Gasteiger partial charge on any atom is -0.462 e. The SMILES string of the molecule is CCCCCCCCCCCCCCCCC(=O)OC[C@H](COC(=O)CCCCCCCCCC(C)C)OC(=O)CCCCCCCCC(C)CC. The van der Waals surface area contributed by atoms with E-state index in [9.17, 15) is 14.4 Å². The van der Waals surface area contributed by atoms with Crippen LogP contribution in [0.1, 0.15) is 247 Å². The lowest BCUT2D eigenvalue weighted by molar-refractivity contribution is -0.167. The first-order valence-corrected chi connectivity index (χ1v) is 22.8. The van der Waals surface area contributed by atoms with Gasteiger partial charge >= 0.3 is 17.9 Å². The van der Waals surface area contributed by atoms with Gasteiger partial charge in [-0.25, -0.2) is 0 Å². The molecule has 0 saturated heterocycles. The number of hydrogen-bond donors (Lipinski definition) is 0. The molecule has 6 heteroatoms. The van der Waals surface area contributed by atoms with Gasteiger partial charge in [0.25, 0.3) is 0 Å². The molecule has 0 heterocycles. The molecule has 0 amide bonds. The average molecular weight is 737 g/mol. The Labute approximate surface area is 323 Å². The Morgan fingerprint density at radius 1 is 0.404 bits per heavy atom. The van der Waals surface area contributed by atoms with Crippen molar-refractivity contribution in [2.24, 2.45) is 11.8 Å². The van der Waals surface area contributed by atoms with Gasteiger partial charge in [-0.3, -0.25) is 14.4 Å². The Balaban J connectivity index is 4.32. The summed E-state index contributed by atoms with van der Waals surface area (Å²) in [6, 6.07) is 0. The molecule has 0 spiro atoms. The third-order valence-electron chi connectivity index (χ3n) is 10.6. The molecule has 0 aliphatic carbocycles. The Hall–Kier alpha value is -1.59. The van der Waals surface area contributed by atoms with E-state index in [1.54, 1.807) is 0 Å². The number of carbonyl (C=O) groups is 3. The highest BCUT2D eigenvalue weighted by molar-refractivity contribution is 5.71. The summed E-state index contributed by atoms with van der Waals surface area (Å²) in [6.07, 6.45) is 36.7. The highest BCUT2D eigenvalue weighted by Gasteiger charge is 2.19. The van der Waals surface area contributed by atoms with Gasteiger partial charge in [-0.15, -0.1) is 0 Å². The van der Waals surface area contributed by atoms with Crippen LogP contribution < -0.4 is 0 Å². The molecule has 0 N–H and O–H groups in total. The van der Waals surface area contributed by atoms with E-state index in [4.69, 9.17) is 14.2 Å². The van der Waals surface area contributed by atoms with E-state index in [2.05, 4.69) is 34.6 Å². The molecule has 0 rings (SSSR count). The topological polar surface area (TPSA) is 78.9 Å². The van der Waals surface area contributed by atoms with Crippen molar-refractivity contribution in [2.45, 2.75) is 253 Å². The van der Waals surface area contributed by atoms with Crippen LogP contribution in [0.25, 0.3) is 0 Å². The zero-order valence-electron chi connectivity index (χ0n) is 35.4. The summed E-state index contributed by atoms with van der Waals surface area (Å²) < 4.78 is 16.7. The molecule has 0 fully saturated rings. The second-order valence-electron chi connectivity index (χ2n) is 16.4. The molecule has 2 atom stereocenters. The van der Waals surface area contributed by atoms with E-state index < -0.39 is 6.10 Å². The summed E-state index contributed by atoms with van der Waals surface area (Å²) in [6.45, 7) is 11.3. The van der Waals surface area contributed by atoms with Crippen LogP contribution in [0.2, 0.25) is 0 Å². The maximum atomic E-state index is 12.7. The first-order valence-electron chi connectivity index (χ1n) is 22.8. The van der Waals surface area contributed by atoms with Gasteiger partial charge in [-0.1, -0.05) is 208 Å². The Morgan fingerprint density at radius 2 is 0.731 bits per heavy atom. The number of ether oxygens (including phenoxy) is 3. The monoisotopic (exact) mass is 737 g/mol. The van der Waals surface area contributed by atoms with E-state index in [-0.39, 0.29) is 31.1 Å². The lowest BCUT2D eigenvalue weighted by Crippen LogP contribution is -2.30. The van der Waals surface area contributed by atoms with Crippen molar-refractivity contribution in [1.82, 2.24) is 0 Å². The molecule has 0 bridgehead atoms. The molecule has 52 heavy (non-hydrogen) atoms. The van der Waals surface area contributed by atoms with Crippen LogP contribution >= 0.6 is 0 Å². The Kier molecular flexibility index (Phi) is 37.9. The maximum absolute atomic E-state index is 12.7. The predicted molar refractivity (Wildman–Crippen MR) is 220 cm³/mol.